The van der Waals surface area contributed by atoms with E-state index in [1.165, 1.54) is 0 Å². The summed E-state index contributed by atoms with van der Waals surface area (Å²) in [4.78, 5) is 18.3. The Bertz CT molecular complexity index is 849. The number of aldehydes is 1. The van der Waals surface area contributed by atoms with Crippen molar-refractivity contribution in [2.75, 3.05) is 6.61 Å². The van der Waals surface area contributed by atoms with E-state index in [0.717, 1.165) is 34.4 Å². The van der Waals surface area contributed by atoms with E-state index in [4.69, 9.17) is 4.98 Å². The number of nitrogens with zero attached hydrogens (tertiary/aromatic N) is 2. The molecule has 5 nitrogen and oxygen atoms in total. The zero-order chi connectivity index (χ0) is 19.6. The van der Waals surface area contributed by atoms with Crippen molar-refractivity contribution < 1.29 is 15.0 Å². The van der Waals surface area contributed by atoms with Crippen LogP contribution in [0.4, 0.5) is 0 Å². The summed E-state index contributed by atoms with van der Waals surface area (Å²) in [7, 11) is 0. The summed E-state index contributed by atoms with van der Waals surface area (Å²) in [6, 6.07) is 10.3. The van der Waals surface area contributed by atoms with Crippen LogP contribution >= 0.6 is 0 Å². The average Bonchev–Trinajstić information content (AvgIpc) is 3.06. The number of rotatable bonds is 4. The first-order valence-electron chi connectivity index (χ1n) is 9.75. The minimum Gasteiger partial charge on any atom is -0.396 e. The molecule has 2 aliphatic heterocycles. The first kappa shape index (κ1) is 19.5. The van der Waals surface area contributed by atoms with Crippen LogP contribution in [0.15, 0.2) is 36.4 Å². The zero-order valence-electron chi connectivity index (χ0n) is 16.2. The molecule has 0 saturated heterocycles. The summed E-state index contributed by atoms with van der Waals surface area (Å²) in [6.45, 7) is 6.87. The third-order valence-electron chi connectivity index (χ3n) is 5.62. The number of benzene rings is 1. The third kappa shape index (κ3) is 3.37. The topological polar surface area (TPSA) is 73.7 Å². The number of fused-ring (bicyclic) bond motifs is 4. The number of aliphatic hydroxyl groups excluding tert-OH is 2. The van der Waals surface area contributed by atoms with Gasteiger partial charge < -0.3 is 19.9 Å². The van der Waals surface area contributed by atoms with E-state index in [-0.39, 0.29) is 24.5 Å². The fourth-order valence-corrected chi connectivity index (χ4v) is 4.30. The molecule has 3 heterocycles. The van der Waals surface area contributed by atoms with Gasteiger partial charge in [0.1, 0.15) is 12.4 Å². The predicted molar refractivity (Wildman–Crippen MR) is 107 cm³/mol. The minimum absolute atomic E-state index is 0.0693. The molecule has 0 fully saturated rings. The van der Waals surface area contributed by atoms with Crippen LogP contribution in [0.25, 0.3) is 16.6 Å². The number of carbonyl (C=O) groups excluding carboxylic acids is 1. The first-order chi connectivity index (χ1) is 13.1. The summed E-state index contributed by atoms with van der Waals surface area (Å²) in [5, 5.41) is 20.8. The lowest BCUT2D eigenvalue weighted by atomic mass is 9.78. The summed E-state index contributed by atoms with van der Waals surface area (Å²) in [5.41, 5.74) is 4.00. The van der Waals surface area contributed by atoms with Crippen LogP contribution in [0.3, 0.4) is 0 Å². The van der Waals surface area contributed by atoms with Crippen molar-refractivity contribution in [2.24, 2.45) is 11.8 Å². The molecule has 0 amide bonds. The van der Waals surface area contributed by atoms with Crippen molar-refractivity contribution in [3.05, 3.63) is 47.7 Å². The molecular weight excluding hydrogens is 340 g/mol. The Morgan fingerprint density at radius 3 is 2.78 bits per heavy atom. The van der Waals surface area contributed by atoms with Gasteiger partial charge in [-0.05, 0) is 30.0 Å². The molecule has 4 rings (SSSR count). The monoisotopic (exact) mass is 368 g/mol. The summed E-state index contributed by atoms with van der Waals surface area (Å²) in [6.07, 6.45) is 2.17. The third-order valence-corrected chi connectivity index (χ3v) is 5.62. The van der Waals surface area contributed by atoms with E-state index in [0.29, 0.717) is 12.7 Å². The number of pyridine rings is 1. The Hall–Kier alpha value is -2.24. The zero-order valence-corrected chi connectivity index (χ0v) is 16.2. The molecular formula is C22H28N2O3. The molecule has 0 spiro atoms. The maximum Gasteiger partial charge on any atom is 0.149 e. The van der Waals surface area contributed by atoms with Crippen LogP contribution in [0, 0.1) is 11.8 Å². The number of carbonyl (C=O) groups is 1. The van der Waals surface area contributed by atoms with Gasteiger partial charge in [-0.3, -0.25) is 0 Å². The summed E-state index contributed by atoms with van der Waals surface area (Å²) < 4.78 is 0. The van der Waals surface area contributed by atoms with Gasteiger partial charge in [0, 0.05) is 30.5 Å². The molecule has 0 radical (unpaired) electrons. The Morgan fingerprint density at radius 2 is 2.07 bits per heavy atom. The van der Waals surface area contributed by atoms with Crippen molar-refractivity contribution >= 4 is 22.9 Å². The van der Waals surface area contributed by atoms with Crippen molar-refractivity contribution in [3.8, 4) is 0 Å². The highest BCUT2D eigenvalue weighted by Gasteiger charge is 2.42. The molecule has 2 N–H and O–H groups in total. The Balaban J connectivity index is 0.00000102. The van der Waals surface area contributed by atoms with E-state index in [1.54, 1.807) is 0 Å². The van der Waals surface area contributed by atoms with Gasteiger partial charge in [-0.1, -0.05) is 45.0 Å². The van der Waals surface area contributed by atoms with Crippen molar-refractivity contribution in [2.45, 2.75) is 45.9 Å². The van der Waals surface area contributed by atoms with Gasteiger partial charge in [-0.15, -0.1) is 0 Å². The molecule has 27 heavy (non-hydrogen) atoms. The largest absolute Gasteiger partial charge is 0.396 e. The van der Waals surface area contributed by atoms with E-state index < -0.39 is 6.10 Å². The van der Waals surface area contributed by atoms with E-state index in [2.05, 4.69) is 17.0 Å². The van der Waals surface area contributed by atoms with Crippen molar-refractivity contribution in [3.63, 3.8) is 0 Å². The smallest absolute Gasteiger partial charge is 0.149 e. The second kappa shape index (κ2) is 8.19. The Labute approximate surface area is 160 Å². The molecule has 144 valence electrons. The fourth-order valence-electron chi connectivity index (χ4n) is 4.30. The number of hydrogen-bond acceptors (Lipinski definition) is 5. The summed E-state index contributed by atoms with van der Waals surface area (Å²) in [5.74, 6) is -0.195. The normalized spacial score (nSPS) is 24.4. The van der Waals surface area contributed by atoms with Gasteiger partial charge in [0.05, 0.1) is 16.9 Å². The highest BCUT2D eigenvalue weighted by atomic mass is 16.3. The Morgan fingerprint density at radius 1 is 1.33 bits per heavy atom. The molecule has 5 heteroatoms. The molecule has 2 aromatic rings. The van der Waals surface area contributed by atoms with Crippen molar-refractivity contribution in [1.82, 2.24) is 9.88 Å². The van der Waals surface area contributed by atoms with Gasteiger partial charge in [0.25, 0.3) is 0 Å². The average molecular weight is 368 g/mol. The first-order valence-corrected chi connectivity index (χ1v) is 9.75. The SMILES string of the molecule is CC.CC1C(C(O)C=O)C=C2c3nc4ccccc4cc3CN2C1CCO. The second-order valence-corrected chi connectivity index (χ2v) is 7.01. The van der Waals surface area contributed by atoms with E-state index in [9.17, 15) is 15.0 Å². The lowest BCUT2D eigenvalue weighted by Gasteiger charge is -2.42. The number of hydrogen-bond donors (Lipinski definition) is 2. The molecule has 1 aromatic heterocycles. The van der Waals surface area contributed by atoms with Gasteiger partial charge >= 0.3 is 0 Å². The Kier molecular flexibility index (Phi) is 5.92. The van der Waals surface area contributed by atoms with Gasteiger partial charge in [-0.2, -0.15) is 0 Å². The van der Waals surface area contributed by atoms with Crippen LogP contribution in [-0.4, -0.2) is 45.1 Å². The summed E-state index contributed by atoms with van der Waals surface area (Å²) >= 11 is 0. The van der Waals surface area contributed by atoms with Crippen LogP contribution in [-0.2, 0) is 11.3 Å². The van der Waals surface area contributed by atoms with Crippen LogP contribution < -0.4 is 0 Å². The van der Waals surface area contributed by atoms with Crippen LogP contribution in [0.2, 0.25) is 0 Å². The predicted octanol–water partition coefficient (Wildman–Crippen LogP) is 2.99. The molecule has 4 unspecified atom stereocenters. The minimum atomic E-state index is -1.03. The highest BCUT2D eigenvalue weighted by Crippen LogP contribution is 2.44. The van der Waals surface area contributed by atoms with Crippen molar-refractivity contribution in [1.29, 1.82) is 0 Å². The standard InChI is InChI=1S/C20H22N2O3.C2H6/c1-12-15(19(25)11-24)9-18-20-14(10-22(18)17(12)6-7-23)8-13-4-2-3-5-16(13)21-20;1-2/h2-5,8-9,11-12,15,17,19,23,25H,6-7,10H2,1H3;1-2H3. The lowest BCUT2D eigenvalue weighted by Crippen LogP contribution is -2.46. The van der Waals surface area contributed by atoms with E-state index in [1.807, 2.05) is 45.0 Å². The number of para-hydroxylation sites is 1. The number of aliphatic hydroxyl groups is 2. The van der Waals surface area contributed by atoms with Crippen LogP contribution in [0.5, 0.6) is 0 Å². The maximum absolute atomic E-state index is 11.2. The molecule has 4 atom stereocenters. The number of aromatic nitrogens is 1. The molecule has 0 bridgehead atoms. The van der Waals surface area contributed by atoms with E-state index >= 15 is 0 Å². The molecule has 2 aliphatic rings. The molecule has 0 saturated carbocycles. The highest BCUT2D eigenvalue weighted by molar-refractivity contribution is 5.84. The van der Waals surface area contributed by atoms with Gasteiger partial charge in [0.15, 0.2) is 0 Å². The second-order valence-electron chi connectivity index (χ2n) is 7.01. The molecule has 1 aromatic carbocycles. The fraction of sp³-hybridized carbons (Fsp3) is 0.455. The molecule has 0 aliphatic carbocycles. The van der Waals surface area contributed by atoms with Crippen LogP contribution in [0.1, 0.15) is 38.4 Å². The lowest BCUT2D eigenvalue weighted by molar-refractivity contribution is -0.117. The van der Waals surface area contributed by atoms with Gasteiger partial charge in [-0.25, -0.2) is 4.98 Å². The maximum atomic E-state index is 11.2. The van der Waals surface area contributed by atoms with Gasteiger partial charge in [0.2, 0.25) is 0 Å². The quantitative estimate of drug-likeness (QED) is 0.812.